The first kappa shape index (κ1) is 17.3. The lowest BCUT2D eigenvalue weighted by Gasteiger charge is -2.15. The summed E-state index contributed by atoms with van der Waals surface area (Å²) in [6, 6.07) is 9.26. The second kappa shape index (κ2) is 8.49. The Kier molecular flexibility index (Phi) is 6.99. The van der Waals surface area contributed by atoms with E-state index in [1.807, 2.05) is 37.3 Å². The fourth-order valence-electron chi connectivity index (χ4n) is 1.67. The quantitative estimate of drug-likeness (QED) is 0.428. The van der Waals surface area contributed by atoms with Gasteiger partial charge in [-0.2, -0.15) is 13.2 Å². The second-order valence-electron chi connectivity index (χ2n) is 4.58. The Morgan fingerprint density at radius 1 is 1.29 bits per heavy atom. The van der Waals surface area contributed by atoms with E-state index in [1.165, 1.54) is 0 Å². The Bertz CT molecular complexity index is 466. The van der Waals surface area contributed by atoms with Crippen LogP contribution in [0.1, 0.15) is 25.8 Å². The first-order valence-corrected chi connectivity index (χ1v) is 6.92. The topological polar surface area (TPSA) is 21.6 Å². The van der Waals surface area contributed by atoms with Gasteiger partial charge in [0.2, 0.25) is 0 Å². The van der Waals surface area contributed by atoms with Gasteiger partial charge < -0.3 is 4.74 Å². The monoisotopic (exact) mass is 299 g/mol. The molecule has 0 unspecified atom stereocenters. The molecule has 0 amide bonds. The highest BCUT2D eigenvalue weighted by atomic mass is 19.4. The summed E-state index contributed by atoms with van der Waals surface area (Å²) in [7, 11) is 0. The van der Waals surface area contributed by atoms with Crippen LogP contribution < -0.4 is 0 Å². The zero-order valence-corrected chi connectivity index (χ0v) is 12.2. The number of allylic oxidation sites excluding steroid dienone is 1. The van der Waals surface area contributed by atoms with E-state index in [1.54, 1.807) is 19.1 Å². The molecule has 21 heavy (non-hydrogen) atoms. The van der Waals surface area contributed by atoms with Crippen molar-refractivity contribution in [3.63, 3.8) is 0 Å². The number of rotatable bonds is 6. The maximum Gasteiger partial charge on any atom is 0.468 e. The maximum atomic E-state index is 12.8. The number of hydrogen-bond donors (Lipinski definition) is 0. The van der Waals surface area contributed by atoms with Crippen LogP contribution in [0.4, 0.5) is 13.2 Å². The van der Waals surface area contributed by atoms with E-state index < -0.39 is 18.2 Å². The van der Waals surface area contributed by atoms with Crippen molar-refractivity contribution >= 4 is 5.90 Å². The van der Waals surface area contributed by atoms with Crippen molar-refractivity contribution < 1.29 is 17.9 Å². The van der Waals surface area contributed by atoms with Crippen LogP contribution in [0.25, 0.3) is 0 Å². The van der Waals surface area contributed by atoms with Gasteiger partial charge in [-0.1, -0.05) is 43.3 Å². The van der Waals surface area contributed by atoms with Gasteiger partial charge in [0, 0.05) is 6.54 Å². The summed E-state index contributed by atoms with van der Waals surface area (Å²) in [5.74, 6) is -1.16. The molecule has 0 heterocycles. The summed E-state index contributed by atoms with van der Waals surface area (Å²) >= 11 is 0. The third kappa shape index (κ3) is 6.97. The molecule has 1 aromatic carbocycles. The lowest BCUT2D eigenvalue weighted by molar-refractivity contribution is -0.0808. The third-order valence-electron chi connectivity index (χ3n) is 2.68. The number of aliphatic imine (C=N–C) groups is 1. The van der Waals surface area contributed by atoms with Gasteiger partial charge >= 0.3 is 6.18 Å². The van der Waals surface area contributed by atoms with E-state index in [4.69, 9.17) is 4.74 Å². The van der Waals surface area contributed by atoms with Gasteiger partial charge in [-0.25, -0.2) is 4.99 Å². The number of benzene rings is 1. The molecule has 5 heteroatoms. The largest absolute Gasteiger partial charge is 0.468 e. The summed E-state index contributed by atoms with van der Waals surface area (Å²) in [6.07, 6.45) is -0.656. The molecule has 1 aromatic rings. The molecule has 0 spiro atoms. The van der Waals surface area contributed by atoms with E-state index in [-0.39, 0.29) is 6.54 Å². The fourth-order valence-corrected chi connectivity index (χ4v) is 1.67. The van der Waals surface area contributed by atoms with Crippen molar-refractivity contribution in [2.45, 2.75) is 39.0 Å². The smallest absolute Gasteiger partial charge is 0.467 e. The molecule has 0 saturated carbocycles. The molecule has 0 saturated heterocycles. The maximum absolute atomic E-state index is 12.8. The van der Waals surface area contributed by atoms with Crippen molar-refractivity contribution in [3.8, 4) is 0 Å². The molecule has 2 nitrogen and oxygen atoms in total. The molecule has 0 aliphatic rings. The lowest BCUT2D eigenvalue weighted by Crippen LogP contribution is -2.29. The predicted octanol–water partition coefficient (Wildman–Crippen LogP) is 4.56. The molecule has 0 fully saturated rings. The van der Waals surface area contributed by atoms with Gasteiger partial charge in [0.15, 0.2) is 0 Å². The summed E-state index contributed by atoms with van der Waals surface area (Å²) in [6.45, 7) is 3.51. The minimum atomic E-state index is -4.56. The molecule has 0 bridgehead atoms. The van der Waals surface area contributed by atoms with E-state index in [0.717, 1.165) is 12.0 Å². The summed E-state index contributed by atoms with van der Waals surface area (Å²) < 4.78 is 43.4. The van der Waals surface area contributed by atoms with Crippen molar-refractivity contribution in [2.24, 2.45) is 4.99 Å². The summed E-state index contributed by atoms with van der Waals surface area (Å²) in [4.78, 5) is 3.57. The summed E-state index contributed by atoms with van der Waals surface area (Å²) in [5, 5.41) is 0. The SMILES string of the molecule is CC/C=C/[C@@H](C)OC(=NCCc1ccccc1)C(F)(F)F. The minimum absolute atomic E-state index is 0.0447. The molecule has 0 aliphatic carbocycles. The molecular weight excluding hydrogens is 279 g/mol. The van der Waals surface area contributed by atoms with E-state index in [9.17, 15) is 13.2 Å². The standard InChI is InChI=1S/C16H20F3NO/c1-3-4-8-13(2)21-15(16(17,18)19)20-12-11-14-9-6-5-7-10-14/h4-10,13H,3,11-12H2,1-2H3/b8-4+,20-15?/t13-/m1/s1. The molecule has 0 aromatic heterocycles. The number of ether oxygens (including phenoxy) is 1. The molecule has 1 rings (SSSR count). The van der Waals surface area contributed by atoms with Crippen molar-refractivity contribution in [2.75, 3.05) is 6.54 Å². The average Bonchev–Trinajstić information content (AvgIpc) is 2.44. The van der Waals surface area contributed by atoms with E-state index in [2.05, 4.69) is 4.99 Å². The molecule has 116 valence electrons. The Morgan fingerprint density at radius 2 is 1.95 bits per heavy atom. The van der Waals surface area contributed by atoms with Crippen molar-refractivity contribution in [1.29, 1.82) is 0 Å². The Hall–Kier alpha value is -1.78. The molecule has 1 atom stereocenters. The molecule has 0 N–H and O–H groups in total. The predicted molar refractivity (Wildman–Crippen MR) is 78.5 cm³/mol. The van der Waals surface area contributed by atoms with Crippen LogP contribution in [0.3, 0.4) is 0 Å². The van der Waals surface area contributed by atoms with Crippen LogP contribution in [0.15, 0.2) is 47.5 Å². The minimum Gasteiger partial charge on any atom is -0.467 e. The van der Waals surface area contributed by atoms with Crippen LogP contribution in [0, 0.1) is 0 Å². The molecule has 0 radical (unpaired) electrons. The number of alkyl halides is 3. The second-order valence-corrected chi connectivity index (χ2v) is 4.58. The van der Waals surface area contributed by atoms with Gasteiger partial charge in [-0.15, -0.1) is 0 Å². The Labute approximate surface area is 123 Å². The zero-order valence-electron chi connectivity index (χ0n) is 12.2. The average molecular weight is 299 g/mol. The molecule has 0 aliphatic heterocycles. The Morgan fingerprint density at radius 3 is 2.52 bits per heavy atom. The summed E-state index contributed by atoms with van der Waals surface area (Å²) in [5.41, 5.74) is 0.946. The fraction of sp³-hybridized carbons (Fsp3) is 0.438. The zero-order chi connectivity index (χ0) is 15.7. The van der Waals surface area contributed by atoms with E-state index in [0.29, 0.717) is 6.42 Å². The van der Waals surface area contributed by atoms with Crippen LogP contribution in [0.5, 0.6) is 0 Å². The van der Waals surface area contributed by atoms with Gasteiger partial charge in [0.05, 0.1) is 0 Å². The van der Waals surface area contributed by atoms with Crippen LogP contribution in [0.2, 0.25) is 0 Å². The number of halogens is 3. The van der Waals surface area contributed by atoms with Gasteiger partial charge in [-0.05, 0) is 31.4 Å². The Balaban J connectivity index is 2.65. The van der Waals surface area contributed by atoms with Gasteiger partial charge in [-0.3, -0.25) is 0 Å². The third-order valence-corrected chi connectivity index (χ3v) is 2.68. The van der Waals surface area contributed by atoms with Crippen molar-refractivity contribution in [1.82, 2.24) is 0 Å². The number of nitrogens with zero attached hydrogens (tertiary/aromatic N) is 1. The molecular formula is C16H20F3NO. The van der Waals surface area contributed by atoms with Crippen molar-refractivity contribution in [3.05, 3.63) is 48.0 Å². The van der Waals surface area contributed by atoms with Gasteiger partial charge in [0.25, 0.3) is 5.90 Å². The first-order chi connectivity index (χ1) is 9.93. The van der Waals surface area contributed by atoms with E-state index >= 15 is 0 Å². The normalized spacial score (nSPS) is 14.4. The van der Waals surface area contributed by atoms with Crippen LogP contribution in [-0.2, 0) is 11.2 Å². The van der Waals surface area contributed by atoms with Gasteiger partial charge in [0.1, 0.15) is 6.10 Å². The lowest BCUT2D eigenvalue weighted by atomic mass is 10.2. The van der Waals surface area contributed by atoms with Crippen LogP contribution in [-0.4, -0.2) is 24.7 Å². The highest BCUT2D eigenvalue weighted by Gasteiger charge is 2.38. The first-order valence-electron chi connectivity index (χ1n) is 6.92. The van der Waals surface area contributed by atoms with Crippen LogP contribution >= 0.6 is 0 Å². The number of hydrogen-bond acceptors (Lipinski definition) is 2. The highest BCUT2D eigenvalue weighted by molar-refractivity contribution is 5.82. The highest BCUT2D eigenvalue weighted by Crippen LogP contribution is 2.20.